The maximum absolute atomic E-state index is 13.0. The molecule has 1 aromatic heterocycles. The van der Waals surface area contributed by atoms with Crippen LogP contribution in [0.25, 0.3) is 10.9 Å². The molecule has 3 aromatic carbocycles. The standard InChI is InChI=1S/C26H24ClFN2O2/c1-17-18(2)30(15-3-14-27)25-13-12-23(16-24(17)25)32-22-10-4-19(5-11-22)26(31)29-21-8-6-20(28)7-9-21/h4-13,16H,3,14-15H2,1-2H3,(H,29,31). The van der Waals surface area contributed by atoms with Gasteiger partial charge >= 0.3 is 0 Å². The minimum absolute atomic E-state index is 0.269. The predicted molar refractivity (Wildman–Crippen MR) is 128 cm³/mol. The number of carbonyl (C=O) groups excluding carboxylic acids is 1. The molecule has 0 radical (unpaired) electrons. The molecule has 1 amide bonds. The third kappa shape index (κ3) is 4.63. The summed E-state index contributed by atoms with van der Waals surface area (Å²) in [6.45, 7) is 5.13. The van der Waals surface area contributed by atoms with E-state index in [9.17, 15) is 9.18 Å². The summed E-state index contributed by atoms with van der Waals surface area (Å²) in [6, 6.07) is 18.6. The molecule has 0 saturated carbocycles. The first-order valence-electron chi connectivity index (χ1n) is 10.5. The first kappa shape index (κ1) is 21.9. The zero-order valence-electron chi connectivity index (χ0n) is 18.0. The Hall–Kier alpha value is -3.31. The van der Waals surface area contributed by atoms with Gasteiger partial charge in [-0.25, -0.2) is 4.39 Å². The second-order valence-corrected chi connectivity index (χ2v) is 8.05. The molecule has 0 aliphatic heterocycles. The zero-order valence-corrected chi connectivity index (χ0v) is 18.7. The molecule has 0 bridgehead atoms. The summed E-state index contributed by atoms with van der Waals surface area (Å²) >= 11 is 5.88. The van der Waals surface area contributed by atoms with Gasteiger partial charge in [-0.05, 0) is 92.6 Å². The molecule has 6 heteroatoms. The molecule has 4 nitrogen and oxygen atoms in total. The van der Waals surface area contributed by atoms with E-state index < -0.39 is 0 Å². The number of ether oxygens (including phenoxy) is 1. The van der Waals surface area contributed by atoms with Crippen molar-refractivity contribution in [2.75, 3.05) is 11.2 Å². The monoisotopic (exact) mass is 450 g/mol. The molecule has 0 fully saturated rings. The van der Waals surface area contributed by atoms with Gasteiger partial charge in [0, 0.05) is 40.3 Å². The molecule has 0 unspecified atom stereocenters. The van der Waals surface area contributed by atoms with Crippen LogP contribution >= 0.6 is 11.6 Å². The number of aryl methyl sites for hydroxylation is 2. The fourth-order valence-electron chi connectivity index (χ4n) is 3.75. The van der Waals surface area contributed by atoms with Crippen LogP contribution in [0.15, 0.2) is 66.7 Å². The van der Waals surface area contributed by atoms with E-state index in [1.54, 1.807) is 24.3 Å². The lowest BCUT2D eigenvalue weighted by atomic mass is 10.1. The minimum atomic E-state index is -0.347. The van der Waals surface area contributed by atoms with Gasteiger partial charge in [0.2, 0.25) is 0 Å². The van der Waals surface area contributed by atoms with Crippen molar-refractivity contribution in [2.45, 2.75) is 26.8 Å². The largest absolute Gasteiger partial charge is 0.457 e. The fourth-order valence-corrected chi connectivity index (χ4v) is 3.86. The number of aromatic nitrogens is 1. The van der Waals surface area contributed by atoms with Crippen LogP contribution in [0.5, 0.6) is 11.5 Å². The Bertz CT molecular complexity index is 1250. The molecule has 4 aromatic rings. The molecular formula is C26H24ClFN2O2. The number of anilines is 1. The number of alkyl halides is 1. The minimum Gasteiger partial charge on any atom is -0.457 e. The summed E-state index contributed by atoms with van der Waals surface area (Å²) in [5.41, 5.74) is 4.66. The van der Waals surface area contributed by atoms with Gasteiger partial charge in [0.05, 0.1) is 0 Å². The maximum atomic E-state index is 13.0. The third-order valence-corrected chi connectivity index (χ3v) is 5.85. The van der Waals surface area contributed by atoms with E-state index in [4.69, 9.17) is 16.3 Å². The Morgan fingerprint density at radius 1 is 1.00 bits per heavy atom. The highest BCUT2D eigenvalue weighted by atomic mass is 35.5. The Morgan fingerprint density at radius 2 is 1.69 bits per heavy atom. The molecule has 164 valence electrons. The Balaban J connectivity index is 1.48. The second kappa shape index (κ2) is 9.45. The number of rotatable bonds is 7. The number of halogens is 2. The molecule has 0 saturated heterocycles. The summed E-state index contributed by atoms with van der Waals surface area (Å²) in [5, 5.41) is 3.90. The van der Waals surface area contributed by atoms with Crippen molar-refractivity contribution in [1.29, 1.82) is 0 Å². The highest BCUT2D eigenvalue weighted by Crippen LogP contribution is 2.31. The number of carbonyl (C=O) groups is 1. The van der Waals surface area contributed by atoms with Crippen LogP contribution < -0.4 is 10.1 Å². The van der Waals surface area contributed by atoms with Gasteiger partial charge in [0.1, 0.15) is 17.3 Å². The summed E-state index contributed by atoms with van der Waals surface area (Å²) in [6.07, 6.45) is 0.922. The quantitative estimate of drug-likeness (QED) is 0.306. The fraction of sp³-hybridized carbons (Fsp3) is 0.192. The van der Waals surface area contributed by atoms with E-state index in [2.05, 4.69) is 29.8 Å². The van der Waals surface area contributed by atoms with E-state index in [0.717, 1.165) is 24.1 Å². The molecular weight excluding hydrogens is 427 g/mol. The lowest BCUT2D eigenvalue weighted by molar-refractivity contribution is 0.102. The van der Waals surface area contributed by atoms with Crippen LogP contribution in [0, 0.1) is 19.7 Å². The van der Waals surface area contributed by atoms with Crippen LogP contribution in [0.3, 0.4) is 0 Å². The SMILES string of the molecule is Cc1c(C)n(CCCCl)c2ccc(Oc3ccc(C(=O)Nc4ccc(F)cc4)cc3)cc12. The van der Waals surface area contributed by atoms with Gasteiger partial charge in [-0.2, -0.15) is 0 Å². The number of benzene rings is 3. The van der Waals surface area contributed by atoms with E-state index >= 15 is 0 Å². The molecule has 1 heterocycles. The van der Waals surface area contributed by atoms with Crippen molar-refractivity contribution < 1.29 is 13.9 Å². The maximum Gasteiger partial charge on any atom is 0.255 e. The van der Waals surface area contributed by atoms with Crippen molar-refractivity contribution in [3.63, 3.8) is 0 Å². The van der Waals surface area contributed by atoms with Crippen molar-refractivity contribution in [1.82, 2.24) is 4.57 Å². The predicted octanol–water partition coefficient (Wildman–Crippen LogP) is 7.07. The molecule has 0 spiro atoms. The van der Waals surface area contributed by atoms with Crippen LogP contribution in [0.4, 0.5) is 10.1 Å². The summed E-state index contributed by atoms with van der Waals surface area (Å²) in [7, 11) is 0. The van der Waals surface area contributed by atoms with Crippen LogP contribution in [0.2, 0.25) is 0 Å². The van der Waals surface area contributed by atoms with E-state index in [0.29, 0.717) is 22.9 Å². The van der Waals surface area contributed by atoms with Gasteiger partial charge in [-0.3, -0.25) is 4.79 Å². The average Bonchev–Trinajstić information content (AvgIpc) is 3.04. The van der Waals surface area contributed by atoms with Crippen molar-refractivity contribution in [3.8, 4) is 11.5 Å². The van der Waals surface area contributed by atoms with Gasteiger partial charge < -0.3 is 14.6 Å². The Kier molecular flexibility index (Phi) is 6.47. The summed E-state index contributed by atoms with van der Waals surface area (Å²) in [5.74, 6) is 1.39. The number of nitrogens with zero attached hydrogens (tertiary/aromatic N) is 1. The number of hydrogen-bond acceptors (Lipinski definition) is 2. The van der Waals surface area contributed by atoms with Crippen molar-refractivity contribution in [2.24, 2.45) is 0 Å². The van der Waals surface area contributed by atoms with Crippen molar-refractivity contribution in [3.05, 3.63) is 89.4 Å². The van der Waals surface area contributed by atoms with E-state index in [-0.39, 0.29) is 11.7 Å². The molecule has 1 N–H and O–H groups in total. The number of fused-ring (bicyclic) bond motifs is 1. The summed E-state index contributed by atoms with van der Waals surface area (Å²) in [4.78, 5) is 12.4. The molecule has 4 rings (SSSR count). The highest BCUT2D eigenvalue weighted by Gasteiger charge is 2.12. The Morgan fingerprint density at radius 3 is 2.38 bits per heavy atom. The first-order chi connectivity index (χ1) is 15.5. The first-order valence-corrected chi connectivity index (χ1v) is 11.0. The van der Waals surface area contributed by atoms with Gasteiger partial charge in [0.15, 0.2) is 0 Å². The van der Waals surface area contributed by atoms with Gasteiger partial charge in [-0.1, -0.05) is 0 Å². The highest BCUT2D eigenvalue weighted by molar-refractivity contribution is 6.17. The molecule has 32 heavy (non-hydrogen) atoms. The lowest BCUT2D eigenvalue weighted by Crippen LogP contribution is -2.11. The number of nitrogens with one attached hydrogen (secondary N) is 1. The Labute approximate surface area is 191 Å². The smallest absolute Gasteiger partial charge is 0.255 e. The third-order valence-electron chi connectivity index (χ3n) is 5.58. The molecule has 0 aliphatic carbocycles. The van der Waals surface area contributed by atoms with E-state index in [1.165, 1.54) is 41.0 Å². The summed E-state index contributed by atoms with van der Waals surface area (Å²) < 4.78 is 21.3. The van der Waals surface area contributed by atoms with Crippen LogP contribution in [-0.4, -0.2) is 16.4 Å². The number of amides is 1. The number of hydrogen-bond donors (Lipinski definition) is 1. The van der Waals surface area contributed by atoms with Gasteiger partial charge in [-0.15, -0.1) is 11.6 Å². The van der Waals surface area contributed by atoms with E-state index in [1.807, 2.05) is 12.1 Å². The average molecular weight is 451 g/mol. The molecule has 0 aliphatic rings. The zero-order chi connectivity index (χ0) is 22.7. The normalized spacial score (nSPS) is 11.0. The topological polar surface area (TPSA) is 43.3 Å². The van der Waals surface area contributed by atoms with Crippen LogP contribution in [-0.2, 0) is 6.54 Å². The van der Waals surface area contributed by atoms with Gasteiger partial charge in [0.25, 0.3) is 5.91 Å². The lowest BCUT2D eigenvalue weighted by Gasteiger charge is -2.09. The molecule has 0 atom stereocenters. The second-order valence-electron chi connectivity index (χ2n) is 7.67. The van der Waals surface area contributed by atoms with Crippen molar-refractivity contribution >= 4 is 34.1 Å². The van der Waals surface area contributed by atoms with Crippen LogP contribution in [0.1, 0.15) is 28.0 Å².